The van der Waals surface area contributed by atoms with Gasteiger partial charge in [0.05, 0.1) is 5.69 Å². The summed E-state index contributed by atoms with van der Waals surface area (Å²) < 4.78 is 1.89. The molecule has 0 aliphatic rings. The first-order valence-electron chi connectivity index (χ1n) is 5.76. The Bertz CT molecular complexity index is 549. The van der Waals surface area contributed by atoms with Gasteiger partial charge in [-0.2, -0.15) is 5.10 Å². The first-order chi connectivity index (χ1) is 8.61. The summed E-state index contributed by atoms with van der Waals surface area (Å²) in [7, 11) is 3.88. The average Bonchev–Trinajstić information content (AvgIpc) is 2.57. The average molecular weight is 263 g/mol. The third kappa shape index (κ3) is 2.70. The Hall–Kier alpha value is -1.40. The zero-order chi connectivity index (χ0) is 13.1. The number of aromatic nitrogens is 4. The Morgan fingerprint density at radius 3 is 2.83 bits per heavy atom. The molecule has 0 aliphatic carbocycles. The van der Waals surface area contributed by atoms with Crippen molar-refractivity contribution in [1.29, 1.82) is 0 Å². The van der Waals surface area contributed by atoms with E-state index in [1.165, 1.54) is 5.56 Å². The monoisotopic (exact) mass is 263 g/mol. The molecule has 0 amide bonds. The minimum atomic E-state index is 0.760. The molecule has 5 nitrogen and oxygen atoms in total. The molecule has 0 fully saturated rings. The van der Waals surface area contributed by atoms with Crippen molar-refractivity contribution in [3.63, 3.8) is 0 Å². The molecule has 6 heteroatoms. The summed E-state index contributed by atoms with van der Waals surface area (Å²) >= 11 is 1.55. The van der Waals surface area contributed by atoms with Gasteiger partial charge < -0.3 is 5.32 Å². The van der Waals surface area contributed by atoms with E-state index in [1.807, 2.05) is 38.7 Å². The summed E-state index contributed by atoms with van der Waals surface area (Å²) in [6, 6.07) is 1.90. The number of nitrogens with zero attached hydrogens (tertiary/aromatic N) is 4. The van der Waals surface area contributed by atoms with Gasteiger partial charge in [-0.3, -0.25) is 4.68 Å². The van der Waals surface area contributed by atoms with E-state index in [0.717, 1.165) is 28.1 Å². The van der Waals surface area contributed by atoms with Crippen LogP contribution in [0.4, 0.5) is 0 Å². The Kier molecular flexibility index (Phi) is 3.98. The molecule has 96 valence electrons. The lowest BCUT2D eigenvalue weighted by atomic mass is 10.3. The fourth-order valence-electron chi connectivity index (χ4n) is 1.75. The predicted molar refractivity (Wildman–Crippen MR) is 71.6 cm³/mol. The number of rotatable bonds is 4. The zero-order valence-electron chi connectivity index (χ0n) is 11.1. The highest BCUT2D eigenvalue weighted by Crippen LogP contribution is 2.29. The van der Waals surface area contributed by atoms with Crippen molar-refractivity contribution in [3.8, 4) is 0 Å². The largest absolute Gasteiger partial charge is 0.316 e. The summed E-state index contributed by atoms with van der Waals surface area (Å²) in [5, 5.41) is 9.47. The smallest absolute Gasteiger partial charge is 0.194 e. The SMILES string of the molecule is CNCc1c(C)nn(C)c1Sc1nccc(C)n1. The van der Waals surface area contributed by atoms with Gasteiger partial charge >= 0.3 is 0 Å². The van der Waals surface area contributed by atoms with Gasteiger partial charge in [-0.05, 0) is 38.7 Å². The molecule has 0 radical (unpaired) electrons. The van der Waals surface area contributed by atoms with Crippen LogP contribution in [-0.2, 0) is 13.6 Å². The molecular weight excluding hydrogens is 246 g/mol. The van der Waals surface area contributed by atoms with Crippen molar-refractivity contribution in [2.24, 2.45) is 7.05 Å². The second-order valence-electron chi connectivity index (χ2n) is 4.11. The van der Waals surface area contributed by atoms with Crippen LogP contribution < -0.4 is 5.32 Å². The standard InChI is InChI=1S/C12H17N5S/c1-8-5-6-14-12(15-8)18-11-10(7-13-3)9(2)16-17(11)4/h5-6,13H,7H2,1-4H3. The molecule has 0 saturated heterocycles. The molecule has 0 saturated carbocycles. The third-order valence-electron chi connectivity index (χ3n) is 2.60. The Morgan fingerprint density at radius 1 is 1.39 bits per heavy atom. The maximum absolute atomic E-state index is 4.45. The predicted octanol–water partition coefficient (Wildman–Crippen LogP) is 1.70. The van der Waals surface area contributed by atoms with Gasteiger partial charge in [0.2, 0.25) is 0 Å². The Labute approximate surface area is 111 Å². The van der Waals surface area contributed by atoms with Crippen LogP contribution in [0.15, 0.2) is 22.4 Å². The van der Waals surface area contributed by atoms with Gasteiger partial charge in [-0.15, -0.1) is 0 Å². The van der Waals surface area contributed by atoms with Crippen LogP contribution in [0.2, 0.25) is 0 Å². The molecule has 2 aromatic rings. The van der Waals surface area contributed by atoms with Crippen LogP contribution in [-0.4, -0.2) is 26.8 Å². The second kappa shape index (κ2) is 5.49. The summed E-state index contributed by atoms with van der Waals surface area (Å²) in [6.07, 6.45) is 1.78. The zero-order valence-corrected chi connectivity index (χ0v) is 11.9. The number of aryl methyl sites for hydroxylation is 3. The lowest BCUT2D eigenvalue weighted by Gasteiger charge is -2.05. The molecule has 0 aliphatic heterocycles. The van der Waals surface area contributed by atoms with Crippen LogP contribution in [0.5, 0.6) is 0 Å². The number of hydrogen-bond acceptors (Lipinski definition) is 5. The van der Waals surface area contributed by atoms with Gasteiger partial charge in [0.1, 0.15) is 5.03 Å². The Morgan fingerprint density at radius 2 is 2.17 bits per heavy atom. The van der Waals surface area contributed by atoms with Crippen LogP contribution in [0.25, 0.3) is 0 Å². The van der Waals surface area contributed by atoms with E-state index in [9.17, 15) is 0 Å². The van der Waals surface area contributed by atoms with Gasteiger partial charge in [0, 0.05) is 31.0 Å². The summed E-state index contributed by atoms with van der Waals surface area (Å²) in [4.78, 5) is 8.69. The summed E-state index contributed by atoms with van der Waals surface area (Å²) in [6.45, 7) is 4.79. The first kappa shape index (κ1) is 13.0. The number of hydrogen-bond donors (Lipinski definition) is 1. The van der Waals surface area contributed by atoms with Crippen LogP contribution in [0.1, 0.15) is 17.0 Å². The highest BCUT2D eigenvalue weighted by Gasteiger charge is 2.15. The van der Waals surface area contributed by atoms with E-state index in [1.54, 1.807) is 18.0 Å². The van der Waals surface area contributed by atoms with Crippen LogP contribution in [0, 0.1) is 13.8 Å². The fourth-order valence-corrected chi connectivity index (χ4v) is 2.74. The highest BCUT2D eigenvalue weighted by atomic mass is 32.2. The van der Waals surface area contributed by atoms with Gasteiger partial charge in [0.15, 0.2) is 5.16 Å². The summed E-state index contributed by atoms with van der Waals surface area (Å²) in [5.74, 6) is 0. The lowest BCUT2D eigenvalue weighted by Crippen LogP contribution is -2.07. The molecule has 0 aromatic carbocycles. The van der Waals surface area contributed by atoms with Crippen molar-refractivity contribution in [2.45, 2.75) is 30.6 Å². The lowest BCUT2D eigenvalue weighted by molar-refractivity contribution is 0.682. The molecular formula is C12H17N5S. The van der Waals surface area contributed by atoms with Crippen molar-refractivity contribution in [3.05, 3.63) is 29.2 Å². The molecule has 0 spiro atoms. The molecule has 0 bridgehead atoms. The van der Waals surface area contributed by atoms with E-state index < -0.39 is 0 Å². The van der Waals surface area contributed by atoms with Crippen molar-refractivity contribution in [2.75, 3.05) is 7.05 Å². The normalized spacial score (nSPS) is 10.9. The highest BCUT2D eigenvalue weighted by molar-refractivity contribution is 7.99. The molecule has 0 atom stereocenters. The second-order valence-corrected chi connectivity index (χ2v) is 5.06. The molecule has 2 rings (SSSR count). The van der Waals surface area contributed by atoms with E-state index in [2.05, 4.69) is 20.4 Å². The molecule has 0 unspecified atom stereocenters. The summed E-state index contributed by atoms with van der Waals surface area (Å²) in [5.41, 5.74) is 3.22. The molecule has 2 heterocycles. The minimum absolute atomic E-state index is 0.760. The van der Waals surface area contributed by atoms with E-state index in [4.69, 9.17) is 0 Å². The van der Waals surface area contributed by atoms with Crippen molar-refractivity contribution >= 4 is 11.8 Å². The van der Waals surface area contributed by atoms with Crippen LogP contribution in [0.3, 0.4) is 0 Å². The van der Waals surface area contributed by atoms with E-state index >= 15 is 0 Å². The Balaban J connectivity index is 2.33. The maximum Gasteiger partial charge on any atom is 0.194 e. The van der Waals surface area contributed by atoms with E-state index in [-0.39, 0.29) is 0 Å². The van der Waals surface area contributed by atoms with Crippen molar-refractivity contribution < 1.29 is 0 Å². The van der Waals surface area contributed by atoms with Crippen LogP contribution >= 0.6 is 11.8 Å². The molecule has 18 heavy (non-hydrogen) atoms. The number of nitrogens with one attached hydrogen (secondary N) is 1. The topological polar surface area (TPSA) is 55.6 Å². The molecule has 1 N–H and O–H groups in total. The third-order valence-corrected chi connectivity index (χ3v) is 3.69. The minimum Gasteiger partial charge on any atom is -0.316 e. The van der Waals surface area contributed by atoms with Crippen molar-refractivity contribution in [1.82, 2.24) is 25.1 Å². The maximum atomic E-state index is 4.45. The molecule has 2 aromatic heterocycles. The van der Waals surface area contributed by atoms with E-state index in [0.29, 0.717) is 0 Å². The van der Waals surface area contributed by atoms with Gasteiger partial charge in [-0.25, -0.2) is 9.97 Å². The fraction of sp³-hybridized carbons (Fsp3) is 0.417. The van der Waals surface area contributed by atoms with Gasteiger partial charge in [-0.1, -0.05) is 0 Å². The first-order valence-corrected chi connectivity index (χ1v) is 6.58. The van der Waals surface area contributed by atoms with Gasteiger partial charge in [0.25, 0.3) is 0 Å². The quantitative estimate of drug-likeness (QED) is 0.851.